The van der Waals surface area contributed by atoms with Gasteiger partial charge in [0.2, 0.25) is 5.91 Å². The summed E-state index contributed by atoms with van der Waals surface area (Å²) in [5.41, 5.74) is 1.91. The van der Waals surface area contributed by atoms with Gasteiger partial charge in [0.25, 0.3) is 5.91 Å². The number of alkyl carbamates (subject to hydrolysis) is 1. The van der Waals surface area contributed by atoms with E-state index in [1.165, 1.54) is 11.3 Å². The Morgan fingerprint density at radius 2 is 1.76 bits per heavy atom. The summed E-state index contributed by atoms with van der Waals surface area (Å²) in [7, 11) is 0. The molecule has 0 atom stereocenters. The lowest BCUT2D eigenvalue weighted by Gasteiger charge is -2.09. The highest BCUT2D eigenvalue weighted by atomic mass is 32.1. The summed E-state index contributed by atoms with van der Waals surface area (Å²) in [6, 6.07) is 13.7. The van der Waals surface area contributed by atoms with Crippen molar-refractivity contribution in [1.29, 1.82) is 0 Å². The van der Waals surface area contributed by atoms with Crippen molar-refractivity contribution >= 4 is 45.0 Å². The first-order valence-corrected chi connectivity index (χ1v) is 10.1. The maximum absolute atomic E-state index is 12.7. The molecule has 0 spiro atoms. The predicted octanol–water partition coefficient (Wildman–Crippen LogP) is 4.59. The molecular weight excluding hydrogens is 388 g/mol. The van der Waals surface area contributed by atoms with Gasteiger partial charge in [-0.3, -0.25) is 14.9 Å². The molecule has 0 unspecified atom stereocenters. The molecule has 2 aromatic carbocycles. The fourth-order valence-electron chi connectivity index (χ4n) is 3.10. The number of ether oxygens (including phenoxy) is 1. The number of nitrogens with one attached hydrogen (secondary N) is 2. The molecule has 2 N–H and O–H groups in total. The molecule has 3 rings (SSSR count). The van der Waals surface area contributed by atoms with E-state index < -0.39 is 12.0 Å². The molecule has 0 radical (unpaired) electrons. The van der Waals surface area contributed by atoms with Crippen molar-refractivity contribution in [2.75, 3.05) is 11.9 Å². The molecule has 0 aliphatic rings. The van der Waals surface area contributed by atoms with Crippen LogP contribution in [0, 0.1) is 13.8 Å². The largest absolute Gasteiger partial charge is 0.450 e. The Balaban J connectivity index is 1.81. The second-order valence-corrected chi connectivity index (χ2v) is 7.75. The zero-order valence-electron chi connectivity index (χ0n) is 16.5. The van der Waals surface area contributed by atoms with Crippen molar-refractivity contribution in [2.45, 2.75) is 27.2 Å². The van der Waals surface area contributed by atoms with E-state index in [4.69, 9.17) is 4.74 Å². The van der Waals surface area contributed by atoms with Gasteiger partial charge in [-0.05, 0) is 42.7 Å². The van der Waals surface area contributed by atoms with E-state index in [1.807, 2.05) is 49.4 Å². The minimum atomic E-state index is -0.811. The van der Waals surface area contributed by atoms with Gasteiger partial charge in [0.15, 0.2) is 0 Å². The molecule has 150 valence electrons. The van der Waals surface area contributed by atoms with Gasteiger partial charge < -0.3 is 10.1 Å². The molecule has 29 heavy (non-hydrogen) atoms. The van der Waals surface area contributed by atoms with Crippen molar-refractivity contribution < 1.29 is 19.1 Å². The second kappa shape index (κ2) is 8.87. The van der Waals surface area contributed by atoms with Crippen LogP contribution in [-0.2, 0) is 16.0 Å². The maximum Gasteiger partial charge on any atom is 0.414 e. The van der Waals surface area contributed by atoms with Crippen molar-refractivity contribution in [3.63, 3.8) is 0 Å². The van der Waals surface area contributed by atoms with Crippen LogP contribution in [0.1, 0.15) is 33.3 Å². The van der Waals surface area contributed by atoms with Gasteiger partial charge >= 0.3 is 6.09 Å². The quantitative estimate of drug-likeness (QED) is 0.644. The Labute approximate surface area is 172 Å². The molecule has 0 fully saturated rings. The van der Waals surface area contributed by atoms with Crippen LogP contribution in [0.3, 0.4) is 0 Å². The fraction of sp³-hybridized carbons (Fsp3) is 0.227. The van der Waals surface area contributed by atoms with E-state index in [-0.39, 0.29) is 24.5 Å². The molecule has 0 bridgehead atoms. The van der Waals surface area contributed by atoms with Crippen molar-refractivity contribution in [1.82, 2.24) is 5.32 Å². The van der Waals surface area contributed by atoms with Gasteiger partial charge in [-0.25, -0.2) is 4.79 Å². The smallest absolute Gasteiger partial charge is 0.414 e. The number of fused-ring (bicyclic) bond motifs is 1. The number of rotatable bonds is 5. The Hall–Kier alpha value is -3.19. The van der Waals surface area contributed by atoms with E-state index in [2.05, 4.69) is 10.6 Å². The van der Waals surface area contributed by atoms with Gasteiger partial charge in [0, 0.05) is 4.88 Å². The lowest BCUT2D eigenvalue weighted by Crippen LogP contribution is -2.32. The van der Waals surface area contributed by atoms with E-state index in [1.54, 1.807) is 13.8 Å². The first-order chi connectivity index (χ1) is 13.9. The number of amides is 3. The summed E-state index contributed by atoms with van der Waals surface area (Å²) in [4.78, 5) is 37.8. The van der Waals surface area contributed by atoms with Gasteiger partial charge in [-0.15, -0.1) is 11.3 Å². The summed E-state index contributed by atoms with van der Waals surface area (Å²) in [6.45, 7) is 5.46. The molecule has 0 aliphatic carbocycles. The van der Waals surface area contributed by atoms with E-state index in [0.717, 1.165) is 26.8 Å². The third-order valence-corrected chi connectivity index (χ3v) is 5.71. The Morgan fingerprint density at radius 1 is 1.03 bits per heavy atom. The van der Waals surface area contributed by atoms with Gasteiger partial charge in [0.05, 0.1) is 18.6 Å². The summed E-state index contributed by atoms with van der Waals surface area (Å²) < 4.78 is 4.77. The molecule has 3 amide bonds. The lowest BCUT2D eigenvalue weighted by atomic mass is 10.0. The number of benzene rings is 2. The van der Waals surface area contributed by atoms with E-state index >= 15 is 0 Å². The van der Waals surface area contributed by atoms with Gasteiger partial charge in [0.1, 0.15) is 5.00 Å². The summed E-state index contributed by atoms with van der Waals surface area (Å²) >= 11 is 1.31. The lowest BCUT2D eigenvalue weighted by molar-refractivity contribution is -0.115. The number of hydrogen-bond acceptors (Lipinski definition) is 5. The van der Waals surface area contributed by atoms with Gasteiger partial charge in [-0.2, -0.15) is 0 Å². The van der Waals surface area contributed by atoms with Crippen molar-refractivity contribution in [3.8, 4) is 0 Å². The third kappa shape index (κ3) is 4.63. The number of aryl methyl sites for hydroxylation is 1. The molecular formula is C22H22N2O4S. The number of carbonyl (C=O) groups is 3. The number of anilines is 1. The molecule has 1 heterocycles. The molecule has 0 saturated carbocycles. The van der Waals surface area contributed by atoms with Crippen LogP contribution in [-0.4, -0.2) is 24.5 Å². The molecule has 3 aromatic rings. The Kier molecular flexibility index (Phi) is 6.29. The van der Waals surface area contributed by atoms with Crippen molar-refractivity contribution in [3.05, 3.63) is 64.0 Å². The topological polar surface area (TPSA) is 84.5 Å². The van der Waals surface area contributed by atoms with Crippen LogP contribution in [0.2, 0.25) is 0 Å². The zero-order chi connectivity index (χ0) is 21.0. The molecule has 0 saturated heterocycles. The number of hydrogen-bond donors (Lipinski definition) is 2. The van der Waals surface area contributed by atoms with E-state index in [0.29, 0.717) is 5.00 Å². The van der Waals surface area contributed by atoms with Crippen LogP contribution < -0.4 is 10.6 Å². The number of imide groups is 1. The molecule has 7 heteroatoms. The Morgan fingerprint density at radius 3 is 2.52 bits per heavy atom. The minimum absolute atomic E-state index is 0.162. The number of carbonyl (C=O) groups excluding carboxylic acids is 3. The van der Waals surface area contributed by atoms with Crippen LogP contribution in [0.15, 0.2) is 42.5 Å². The SMILES string of the molecule is CCOC(=O)NC(=O)c1c(NC(=O)Cc2cccc3ccccc23)sc(C)c1C. The third-order valence-electron chi connectivity index (χ3n) is 4.59. The summed E-state index contributed by atoms with van der Waals surface area (Å²) in [6.07, 6.45) is -0.634. The predicted molar refractivity (Wildman–Crippen MR) is 115 cm³/mol. The first-order valence-electron chi connectivity index (χ1n) is 9.25. The van der Waals surface area contributed by atoms with Gasteiger partial charge in [-0.1, -0.05) is 42.5 Å². The fourth-order valence-corrected chi connectivity index (χ4v) is 4.18. The maximum atomic E-state index is 12.7. The highest BCUT2D eigenvalue weighted by Gasteiger charge is 2.23. The second-order valence-electron chi connectivity index (χ2n) is 6.53. The highest BCUT2D eigenvalue weighted by molar-refractivity contribution is 7.16. The molecule has 0 aliphatic heterocycles. The first kappa shape index (κ1) is 20.5. The number of thiophene rings is 1. The molecule has 1 aromatic heterocycles. The average molecular weight is 410 g/mol. The minimum Gasteiger partial charge on any atom is -0.450 e. The average Bonchev–Trinajstić information content (AvgIpc) is 2.95. The summed E-state index contributed by atoms with van der Waals surface area (Å²) in [5, 5.41) is 7.54. The van der Waals surface area contributed by atoms with Crippen LogP contribution >= 0.6 is 11.3 Å². The Bertz CT molecular complexity index is 1080. The van der Waals surface area contributed by atoms with E-state index in [9.17, 15) is 14.4 Å². The van der Waals surface area contributed by atoms with Crippen LogP contribution in [0.4, 0.5) is 9.80 Å². The zero-order valence-corrected chi connectivity index (χ0v) is 17.3. The normalized spacial score (nSPS) is 10.6. The highest BCUT2D eigenvalue weighted by Crippen LogP contribution is 2.32. The van der Waals surface area contributed by atoms with Crippen molar-refractivity contribution in [2.24, 2.45) is 0 Å². The summed E-state index contributed by atoms with van der Waals surface area (Å²) in [5.74, 6) is -0.821. The monoisotopic (exact) mass is 410 g/mol. The standard InChI is InChI=1S/C22H22N2O4S/c1-4-28-22(27)24-20(26)19-13(2)14(3)29-21(19)23-18(25)12-16-10-7-9-15-8-5-6-11-17(15)16/h5-11H,4,12H2,1-3H3,(H,23,25)(H,24,26,27). The van der Waals surface area contributed by atoms with Crippen LogP contribution in [0.25, 0.3) is 10.8 Å². The molecule has 6 nitrogen and oxygen atoms in total. The van der Waals surface area contributed by atoms with Crippen LogP contribution in [0.5, 0.6) is 0 Å².